The maximum atomic E-state index is 12.7. The summed E-state index contributed by atoms with van der Waals surface area (Å²) >= 11 is 5.92. The molecule has 1 aliphatic rings. The van der Waals surface area contributed by atoms with E-state index in [4.69, 9.17) is 11.6 Å². The number of hydrogen-bond acceptors (Lipinski definition) is 2. The van der Waals surface area contributed by atoms with Gasteiger partial charge in [0.05, 0.1) is 5.88 Å². The fraction of sp³-hybridized carbons (Fsp3) is 0.733. The second kappa shape index (κ2) is 7.16. The van der Waals surface area contributed by atoms with E-state index in [2.05, 4.69) is 6.92 Å². The molecule has 0 radical (unpaired) electrons. The summed E-state index contributed by atoms with van der Waals surface area (Å²) in [7, 11) is -1.72. The average Bonchev–Trinajstić information content (AvgIpc) is 3.08. The SMILES string of the molecule is CCCn1cc(S(=O)(=O)N(C)CC2CCCC2)cc1CCl. The number of nitrogens with zero attached hydrogens (tertiary/aromatic N) is 2. The van der Waals surface area contributed by atoms with Crippen LogP contribution in [0.4, 0.5) is 0 Å². The van der Waals surface area contributed by atoms with Crippen LogP contribution >= 0.6 is 11.6 Å². The lowest BCUT2D eigenvalue weighted by Gasteiger charge is -2.20. The minimum absolute atomic E-state index is 0.335. The Hall–Kier alpha value is -0.520. The Bertz CT molecular complexity index is 562. The number of alkyl halides is 1. The number of halogens is 1. The summed E-state index contributed by atoms with van der Waals surface area (Å²) in [6.07, 6.45) is 7.41. The lowest BCUT2D eigenvalue weighted by atomic mass is 10.1. The van der Waals surface area contributed by atoms with Gasteiger partial charge >= 0.3 is 0 Å². The third-order valence-corrected chi connectivity index (χ3v) is 6.32. The maximum absolute atomic E-state index is 12.7. The summed E-state index contributed by atoms with van der Waals surface area (Å²) in [6.45, 7) is 3.49. The number of aromatic nitrogens is 1. The van der Waals surface area contributed by atoms with E-state index in [9.17, 15) is 8.42 Å². The van der Waals surface area contributed by atoms with E-state index in [1.165, 1.54) is 17.1 Å². The van der Waals surface area contributed by atoms with Crippen molar-refractivity contribution in [1.82, 2.24) is 8.87 Å². The van der Waals surface area contributed by atoms with Gasteiger partial charge in [-0.15, -0.1) is 11.6 Å². The minimum atomic E-state index is -3.40. The molecule has 0 unspecified atom stereocenters. The van der Waals surface area contributed by atoms with E-state index in [0.29, 0.717) is 23.2 Å². The Morgan fingerprint density at radius 1 is 1.38 bits per heavy atom. The third-order valence-electron chi connectivity index (χ3n) is 4.26. The first kappa shape index (κ1) is 16.8. The van der Waals surface area contributed by atoms with Crippen molar-refractivity contribution < 1.29 is 8.42 Å². The molecular weight excluding hydrogens is 308 g/mol. The number of hydrogen-bond donors (Lipinski definition) is 0. The summed E-state index contributed by atoms with van der Waals surface area (Å²) in [6, 6.07) is 1.71. The van der Waals surface area contributed by atoms with Crippen molar-refractivity contribution in [2.24, 2.45) is 5.92 Å². The average molecular weight is 333 g/mol. The normalized spacial score (nSPS) is 17.0. The van der Waals surface area contributed by atoms with Crippen molar-refractivity contribution in [3.05, 3.63) is 18.0 Å². The molecule has 120 valence electrons. The molecule has 0 bridgehead atoms. The Labute approximate surface area is 133 Å². The molecule has 1 aliphatic carbocycles. The van der Waals surface area contributed by atoms with Gasteiger partial charge in [-0.2, -0.15) is 0 Å². The van der Waals surface area contributed by atoms with Crippen molar-refractivity contribution in [2.45, 2.75) is 56.3 Å². The smallest absolute Gasteiger partial charge is 0.244 e. The molecule has 0 aromatic carbocycles. The van der Waals surface area contributed by atoms with Crippen LogP contribution in [0.2, 0.25) is 0 Å². The minimum Gasteiger partial charge on any atom is -0.349 e. The molecule has 1 heterocycles. The van der Waals surface area contributed by atoms with Gasteiger partial charge in [0, 0.05) is 32.0 Å². The summed E-state index contributed by atoms with van der Waals surface area (Å²) in [4.78, 5) is 0.368. The molecule has 0 saturated heterocycles. The van der Waals surface area contributed by atoms with Crippen LogP contribution in [-0.2, 0) is 22.4 Å². The highest BCUT2D eigenvalue weighted by Gasteiger charge is 2.27. The van der Waals surface area contributed by atoms with Gasteiger partial charge in [-0.3, -0.25) is 0 Å². The predicted molar refractivity (Wildman–Crippen MR) is 86.1 cm³/mol. The summed E-state index contributed by atoms with van der Waals surface area (Å²) in [5.74, 6) is 0.844. The lowest BCUT2D eigenvalue weighted by molar-refractivity contribution is 0.387. The van der Waals surface area contributed by atoms with Gasteiger partial charge in [0.1, 0.15) is 4.90 Å². The zero-order valence-corrected chi connectivity index (χ0v) is 14.5. The Kier molecular flexibility index (Phi) is 5.74. The molecule has 21 heavy (non-hydrogen) atoms. The number of rotatable bonds is 7. The zero-order chi connectivity index (χ0) is 15.5. The largest absolute Gasteiger partial charge is 0.349 e. The molecule has 1 aromatic rings. The molecule has 1 saturated carbocycles. The molecule has 1 fully saturated rings. The van der Waals surface area contributed by atoms with Crippen molar-refractivity contribution in [3.8, 4) is 0 Å². The van der Waals surface area contributed by atoms with Crippen LogP contribution in [0.25, 0.3) is 0 Å². The first-order valence-electron chi connectivity index (χ1n) is 7.70. The van der Waals surface area contributed by atoms with Crippen LogP contribution < -0.4 is 0 Å². The van der Waals surface area contributed by atoms with E-state index in [-0.39, 0.29) is 0 Å². The van der Waals surface area contributed by atoms with Gasteiger partial charge in [-0.1, -0.05) is 19.8 Å². The van der Waals surface area contributed by atoms with Crippen molar-refractivity contribution >= 4 is 21.6 Å². The molecule has 0 N–H and O–H groups in total. The zero-order valence-electron chi connectivity index (χ0n) is 12.9. The fourth-order valence-electron chi connectivity index (χ4n) is 3.06. The Morgan fingerprint density at radius 3 is 2.62 bits per heavy atom. The van der Waals surface area contributed by atoms with Gasteiger partial charge in [-0.25, -0.2) is 12.7 Å². The van der Waals surface area contributed by atoms with Crippen molar-refractivity contribution in [1.29, 1.82) is 0 Å². The van der Waals surface area contributed by atoms with Gasteiger partial charge < -0.3 is 4.57 Å². The first-order valence-corrected chi connectivity index (χ1v) is 9.67. The summed E-state index contributed by atoms with van der Waals surface area (Å²) in [5, 5.41) is 0. The van der Waals surface area contributed by atoms with Crippen LogP contribution in [0.3, 0.4) is 0 Å². The molecule has 6 heteroatoms. The topological polar surface area (TPSA) is 42.3 Å². The van der Waals surface area contributed by atoms with Crippen LogP contribution in [0.1, 0.15) is 44.7 Å². The van der Waals surface area contributed by atoms with E-state index < -0.39 is 10.0 Å². The quantitative estimate of drug-likeness (QED) is 0.718. The van der Waals surface area contributed by atoms with Gasteiger partial charge in [-0.05, 0) is 31.2 Å². The Balaban J connectivity index is 2.17. The van der Waals surface area contributed by atoms with Crippen molar-refractivity contribution in [3.63, 3.8) is 0 Å². The lowest BCUT2D eigenvalue weighted by Crippen LogP contribution is -2.31. The highest BCUT2D eigenvalue weighted by molar-refractivity contribution is 7.89. The van der Waals surface area contributed by atoms with Crippen LogP contribution in [0, 0.1) is 5.92 Å². The van der Waals surface area contributed by atoms with Crippen LogP contribution in [-0.4, -0.2) is 30.9 Å². The summed E-state index contributed by atoms with van der Waals surface area (Å²) < 4.78 is 28.8. The third kappa shape index (κ3) is 3.82. The van der Waals surface area contributed by atoms with E-state index in [1.807, 2.05) is 4.57 Å². The molecule has 0 amide bonds. The molecule has 1 aromatic heterocycles. The van der Waals surface area contributed by atoms with E-state index in [1.54, 1.807) is 19.3 Å². The number of aryl methyl sites for hydroxylation is 1. The maximum Gasteiger partial charge on any atom is 0.244 e. The molecule has 0 atom stereocenters. The second-order valence-corrected chi connectivity index (χ2v) is 8.24. The van der Waals surface area contributed by atoms with Crippen LogP contribution in [0.5, 0.6) is 0 Å². The van der Waals surface area contributed by atoms with Gasteiger partial charge in [0.25, 0.3) is 0 Å². The molecular formula is C15H25ClN2O2S. The monoisotopic (exact) mass is 332 g/mol. The Morgan fingerprint density at radius 2 is 2.05 bits per heavy atom. The highest BCUT2D eigenvalue weighted by Crippen LogP contribution is 2.27. The van der Waals surface area contributed by atoms with Gasteiger partial charge in [0.2, 0.25) is 10.0 Å². The molecule has 4 nitrogen and oxygen atoms in total. The van der Waals surface area contributed by atoms with Gasteiger partial charge in [0.15, 0.2) is 0 Å². The molecule has 0 spiro atoms. The van der Waals surface area contributed by atoms with Crippen LogP contribution in [0.15, 0.2) is 17.2 Å². The predicted octanol–water partition coefficient (Wildman–Crippen LogP) is 3.45. The van der Waals surface area contributed by atoms with Crippen molar-refractivity contribution in [2.75, 3.05) is 13.6 Å². The molecule has 2 rings (SSSR count). The highest BCUT2D eigenvalue weighted by atomic mass is 35.5. The number of sulfonamides is 1. The first-order chi connectivity index (χ1) is 9.98. The van der Waals surface area contributed by atoms with E-state index in [0.717, 1.165) is 31.5 Å². The fourth-order valence-corrected chi connectivity index (χ4v) is 4.60. The molecule has 0 aliphatic heterocycles. The standard InChI is InChI=1S/C15H25ClN2O2S/c1-3-8-18-12-15(9-14(18)10-16)21(19,20)17(2)11-13-6-4-5-7-13/h9,12-13H,3-8,10-11H2,1-2H3. The summed E-state index contributed by atoms with van der Waals surface area (Å²) in [5.41, 5.74) is 0.867. The second-order valence-electron chi connectivity index (χ2n) is 5.93. The van der Waals surface area contributed by atoms with E-state index >= 15 is 0 Å².